The van der Waals surface area contributed by atoms with Crippen LogP contribution in [-0.4, -0.2) is 45.8 Å². The molecule has 31 heavy (non-hydrogen) atoms. The maximum Gasteiger partial charge on any atom is 0.288 e. The summed E-state index contributed by atoms with van der Waals surface area (Å²) in [4.78, 5) is 1.94. The lowest BCUT2D eigenvalue weighted by atomic mass is 10.0. The molecule has 3 N–H and O–H groups in total. The maximum absolute atomic E-state index is 9.15. The number of nitrogens with zero attached hydrogens (tertiary/aromatic N) is 1. The minimum atomic E-state index is -2.57. The van der Waals surface area contributed by atoms with Crippen molar-refractivity contribution in [1.82, 2.24) is 4.90 Å². The average molecular weight is 444 g/mol. The summed E-state index contributed by atoms with van der Waals surface area (Å²) in [5, 5.41) is 27.4. The Hall–Kier alpha value is -0.160. The van der Waals surface area contributed by atoms with Crippen LogP contribution >= 0.6 is 0 Å². The van der Waals surface area contributed by atoms with Gasteiger partial charge in [0.2, 0.25) is 0 Å². The number of aliphatic hydroxyl groups is 3. The molecule has 0 aliphatic carbocycles. The van der Waals surface area contributed by atoms with Gasteiger partial charge in [-0.1, -0.05) is 136 Å². The zero-order valence-electron chi connectivity index (χ0n) is 21.3. The highest BCUT2D eigenvalue weighted by atomic mass is 16.7. The third kappa shape index (κ3) is 26.0. The van der Waals surface area contributed by atoms with Gasteiger partial charge in [-0.2, -0.15) is 0 Å². The highest BCUT2D eigenvalue weighted by molar-refractivity contribution is 4.62. The lowest BCUT2D eigenvalue weighted by Gasteiger charge is -2.26. The molecule has 0 aromatic heterocycles. The van der Waals surface area contributed by atoms with E-state index in [1.54, 1.807) is 0 Å². The summed E-state index contributed by atoms with van der Waals surface area (Å²) in [6.07, 6.45) is 28.5. The molecule has 0 fully saturated rings. The molecule has 0 spiro atoms. The number of hydrogen-bond acceptors (Lipinski definition) is 4. The molecule has 4 nitrogen and oxygen atoms in total. The molecular formula is C27H57NO3. The molecule has 0 radical (unpaired) electrons. The van der Waals surface area contributed by atoms with Gasteiger partial charge in [0.05, 0.1) is 6.54 Å². The quantitative estimate of drug-likeness (QED) is 0.103. The second kappa shape index (κ2) is 23.0. The van der Waals surface area contributed by atoms with Gasteiger partial charge in [-0.3, -0.25) is 4.90 Å². The lowest BCUT2D eigenvalue weighted by Crippen LogP contribution is -2.43. The van der Waals surface area contributed by atoms with Gasteiger partial charge in [0.1, 0.15) is 0 Å². The molecule has 0 aromatic carbocycles. The van der Waals surface area contributed by atoms with Crippen molar-refractivity contribution in [1.29, 1.82) is 0 Å². The minimum absolute atomic E-state index is 0.0834. The van der Waals surface area contributed by atoms with Crippen molar-refractivity contribution in [3.05, 3.63) is 0 Å². The second-order valence-corrected chi connectivity index (χ2v) is 9.77. The van der Waals surface area contributed by atoms with Crippen LogP contribution in [0.3, 0.4) is 0 Å². The van der Waals surface area contributed by atoms with E-state index in [-0.39, 0.29) is 6.54 Å². The van der Waals surface area contributed by atoms with Gasteiger partial charge in [-0.05, 0) is 25.9 Å². The van der Waals surface area contributed by atoms with Gasteiger partial charge in [0.15, 0.2) is 0 Å². The highest BCUT2D eigenvalue weighted by Gasteiger charge is 2.22. The summed E-state index contributed by atoms with van der Waals surface area (Å²) >= 11 is 0. The second-order valence-electron chi connectivity index (χ2n) is 9.77. The lowest BCUT2D eigenvalue weighted by molar-refractivity contribution is -0.317. The summed E-state index contributed by atoms with van der Waals surface area (Å²) in [6, 6.07) is 0. The first-order chi connectivity index (χ1) is 15.0. The first kappa shape index (κ1) is 30.8. The zero-order chi connectivity index (χ0) is 23.0. The maximum atomic E-state index is 9.15. The molecule has 0 aliphatic heterocycles. The van der Waals surface area contributed by atoms with Crippen molar-refractivity contribution in [2.75, 3.05) is 19.6 Å². The molecule has 0 bridgehead atoms. The summed E-state index contributed by atoms with van der Waals surface area (Å²) < 4.78 is 0. The van der Waals surface area contributed by atoms with E-state index in [0.29, 0.717) is 0 Å². The number of rotatable bonds is 25. The van der Waals surface area contributed by atoms with E-state index >= 15 is 0 Å². The average Bonchev–Trinajstić information content (AvgIpc) is 2.71. The monoisotopic (exact) mass is 443 g/mol. The molecule has 0 unspecified atom stereocenters. The Morgan fingerprint density at radius 2 is 0.742 bits per heavy atom. The van der Waals surface area contributed by atoms with Crippen molar-refractivity contribution < 1.29 is 15.3 Å². The molecule has 0 aliphatic rings. The van der Waals surface area contributed by atoms with Crippen molar-refractivity contribution in [3.63, 3.8) is 0 Å². The third-order valence-corrected chi connectivity index (χ3v) is 6.30. The minimum Gasteiger partial charge on any atom is -0.343 e. The molecule has 0 saturated carbocycles. The summed E-state index contributed by atoms with van der Waals surface area (Å²) in [6.45, 7) is 5.89. The molecule has 0 saturated heterocycles. The van der Waals surface area contributed by atoms with Crippen LogP contribution in [0.5, 0.6) is 0 Å². The predicted octanol–water partition coefficient (Wildman–Crippen LogP) is 7.15. The molecule has 188 valence electrons. The summed E-state index contributed by atoms with van der Waals surface area (Å²) in [5.74, 6) is -2.57. The van der Waals surface area contributed by atoms with Crippen LogP contribution in [0.25, 0.3) is 0 Å². The summed E-state index contributed by atoms with van der Waals surface area (Å²) in [5.41, 5.74) is 0. The van der Waals surface area contributed by atoms with E-state index in [1.165, 1.54) is 122 Å². The molecule has 0 atom stereocenters. The molecule has 0 aromatic rings. The van der Waals surface area contributed by atoms with Gasteiger partial charge in [-0.25, -0.2) is 0 Å². The molecular weight excluding hydrogens is 386 g/mol. The van der Waals surface area contributed by atoms with Crippen LogP contribution in [0.1, 0.15) is 149 Å². The van der Waals surface area contributed by atoms with Crippen LogP contribution in [0.4, 0.5) is 0 Å². The van der Waals surface area contributed by atoms with Gasteiger partial charge in [0.25, 0.3) is 5.97 Å². The Labute approximate surface area is 194 Å². The number of unbranched alkanes of at least 4 members (excludes halogenated alkanes) is 19. The Balaban J connectivity index is 3.24. The van der Waals surface area contributed by atoms with Gasteiger partial charge < -0.3 is 15.3 Å². The van der Waals surface area contributed by atoms with E-state index in [2.05, 4.69) is 13.8 Å². The largest absolute Gasteiger partial charge is 0.343 e. The van der Waals surface area contributed by atoms with Crippen molar-refractivity contribution in [2.24, 2.45) is 0 Å². The SMILES string of the molecule is CCCCCCCCCCCCCCCCCCCCCCN(CCC)CC(O)(O)O. The smallest absolute Gasteiger partial charge is 0.288 e. The zero-order valence-corrected chi connectivity index (χ0v) is 21.3. The van der Waals surface area contributed by atoms with E-state index in [1.807, 2.05) is 4.90 Å². The third-order valence-electron chi connectivity index (χ3n) is 6.30. The van der Waals surface area contributed by atoms with Crippen molar-refractivity contribution in [2.45, 2.75) is 155 Å². The molecule has 0 amide bonds. The summed E-state index contributed by atoms with van der Waals surface area (Å²) in [7, 11) is 0. The van der Waals surface area contributed by atoms with Gasteiger partial charge >= 0.3 is 0 Å². The topological polar surface area (TPSA) is 63.9 Å². The fourth-order valence-corrected chi connectivity index (χ4v) is 4.48. The Kier molecular flexibility index (Phi) is 22.9. The normalized spacial score (nSPS) is 12.2. The first-order valence-electron chi connectivity index (χ1n) is 13.9. The van der Waals surface area contributed by atoms with Crippen molar-refractivity contribution >= 4 is 0 Å². The van der Waals surface area contributed by atoms with Crippen LogP contribution in [0, 0.1) is 0 Å². The van der Waals surface area contributed by atoms with Gasteiger partial charge in [-0.15, -0.1) is 0 Å². The standard InChI is InChI=1S/C27H57NO3/c1-3-5-6-7-8-9-10-11-12-13-14-15-16-17-18-19-20-21-22-23-25-28(24-4-2)26-27(29,30)31/h29-31H,3-26H2,1-2H3. The predicted molar refractivity (Wildman–Crippen MR) is 134 cm³/mol. The van der Waals surface area contributed by atoms with Crippen LogP contribution in [-0.2, 0) is 0 Å². The van der Waals surface area contributed by atoms with E-state index in [4.69, 9.17) is 15.3 Å². The Bertz CT molecular complexity index is 344. The molecule has 0 heterocycles. The van der Waals surface area contributed by atoms with Crippen molar-refractivity contribution in [3.8, 4) is 0 Å². The fourth-order valence-electron chi connectivity index (χ4n) is 4.48. The van der Waals surface area contributed by atoms with Crippen LogP contribution in [0.15, 0.2) is 0 Å². The highest BCUT2D eigenvalue weighted by Crippen LogP contribution is 2.15. The van der Waals surface area contributed by atoms with Crippen LogP contribution < -0.4 is 0 Å². The van der Waals surface area contributed by atoms with E-state index in [9.17, 15) is 0 Å². The molecule has 4 heteroatoms. The Morgan fingerprint density at radius 1 is 0.419 bits per heavy atom. The Morgan fingerprint density at radius 3 is 1.03 bits per heavy atom. The molecule has 0 rings (SSSR count). The first-order valence-corrected chi connectivity index (χ1v) is 13.9. The van der Waals surface area contributed by atoms with Crippen LogP contribution in [0.2, 0.25) is 0 Å². The van der Waals surface area contributed by atoms with E-state index in [0.717, 1.165) is 25.9 Å². The van der Waals surface area contributed by atoms with E-state index < -0.39 is 5.97 Å². The fraction of sp³-hybridized carbons (Fsp3) is 1.00. The number of hydrogen-bond donors (Lipinski definition) is 3. The van der Waals surface area contributed by atoms with Gasteiger partial charge in [0, 0.05) is 0 Å².